The lowest BCUT2D eigenvalue weighted by molar-refractivity contribution is 0.617. The number of aryl methyl sites for hydroxylation is 3. The van der Waals surface area contributed by atoms with E-state index in [4.69, 9.17) is 4.98 Å². The summed E-state index contributed by atoms with van der Waals surface area (Å²) in [5.74, 6) is 0.165. The van der Waals surface area contributed by atoms with Crippen LogP contribution in [0.15, 0.2) is 58.5 Å². The summed E-state index contributed by atoms with van der Waals surface area (Å²) in [6, 6.07) is 14.8. The van der Waals surface area contributed by atoms with E-state index in [0.717, 1.165) is 35.3 Å². The number of nitrogens with zero attached hydrogens (tertiary/aromatic N) is 2. The predicted molar refractivity (Wildman–Crippen MR) is 129 cm³/mol. The Morgan fingerprint density at radius 1 is 1.10 bits per heavy atom. The van der Waals surface area contributed by atoms with Crippen LogP contribution in [-0.4, -0.2) is 9.55 Å². The second kappa shape index (κ2) is 9.37. The highest BCUT2D eigenvalue weighted by Crippen LogP contribution is 2.32. The van der Waals surface area contributed by atoms with Gasteiger partial charge in [-0.25, -0.2) is 9.37 Å². The van der Waals surface area contributed by atoms with Gasteiger partial charge in [-0.05, 0) is 54.7 Å². The number of benzene rings is 2. The fraction of sp³-hybridized carbons (Fsp3) is 0.280. The first-order valence-corrected chi connectivity index (χ1v) is 12.3. The lowest BCUT2D eigenvalue weighted by Gasteiger charge is -2.13. The molecule has 0 spiro atoms. The molecule has 31 heavy (non-hydrogen) atoms. The summed E-state index contributed by atoms with van der Waals surface area (Å²) in [6.45, 7) is 6.26. The summed E-state index contributed by atoms with van der Waals surface area (Å²) in [7, 11) is 0. The van der Waals surface area contributed by atoms with E-state index >= 15 is 0 Å². The number of halogens is 1. The van der Waals surface area contributed by atoms with Gasteiger partial charge >= 0.3 is 0 Å². The number of thioether (sulfide) groups is 1. The molecule has 3 nitrogen and oxygen atoms in total. The van der Waals surface area contributed by atoms with Crippen molar-refractivity contribution in [1.82, 2.24) is 9.55 Å². The highest BCUT2D eigenvalue weighted by atomic mass is 32.2. The Hall–Kier alpha value is -2.44. The molecule has 4 aromatic rings. The van der Waals surface area contributed by atoms with Crippen molar-refractivity contribution in [3.8, 4) is 5.69 Å². The Morgan fingerprint density at radius 3 is 2.52 bits per heavy atom. The second-order valence-corrected chi connectivity index (χ2v) is 9.54. The summed E-state index contributed by atoms with van der Waals surface area (Å²) in [5.41, 5.74) is 3.58. The van der Waals surface area contributed by atoms with Gasteiger partial charge in [0.2, 0.25) is 0 Å². The third-order valence-electron chi connectivity index (χ3n) is 5.43. The second-order valence-electron chi connectivity index (χ2n) is 7.52. The lowest BCUT2D eigenvalue weighted by Crippen LogP contribution is -2.21. The van der Waals surface area contributed by atoms with Crippen LogP contribution in [0.5, 0.6) is 0 Å². The summed E-state index contributed by atoms with van der Waals surface area (Å²) in [5, 5.41) is 1.29. The molecule has 0 fully saturated rings. The van der Waals surface area contributed by atoms with Gasteiger partial charge in [-0.1, -0.05) is 62.4 Å². The number of rotatable bonds is 7. The molecule has 0 aliphatic heterocycles. The smallest absolute Gasteiger partial charge is 0.267 e. The third-order valence-corrected chi connectivity index (χ3v) is 7.66. The fourth-order valence-corrected chi connectivity index (χ4v) is 5.96. The predicted octanol–water partition coefficient (Wildman–Crippen LogP) is 6.70. The Bertz CT molecular complexity index is 1280. The van der Waals surface area contributed by atoms with Crippen LogP contribution in [0, 0.1) is 12.7 Å². The first-order valence-electron chi connectivity index (χ1n) is 10.5. The van der Waals surface area contributed by atoms with Crippen molar-refractivity contribution in [3.05, 3.63) is 86.3 Å². The molecule has 0 aliphatic rings. The molecule has 0 bridgehead atoms. The summed E-state index contributed by atoms with van der Waals surface area (Å²) < 4.78 is 15.9. The topological polar surface area (TPSA) is 34.9 Å². The lowest BCUT2D eigenvalue weighted by atomic mass is 10.1. The van der Waals surface area contributed by atoms with E-state index in [-0.39, 0.29) is 11.4 Å². The molecule has 4 rings (SSSR count). The number of fused-ring (bicyclic) bond motifs is 1. The number of thiophene rings is 1. The minimum absolute atomic E-state index is 0.0543. The molecule has 0 saturated heterocycles. The number of aromatic nitrogens is 2. The average molecular weight is 453 g/mol. The molecule has 0 saturated carbocycles. The van der Waals surface area contributed by atoms with Crippen LogP contribution in [0.25, 0.3) is 15.9 Å². The quantitative estimate of drug-likeness (QED) is 0.231. The first-order chi connectivity index (χ1) is 15.0. The molecule has 6 heteroatoms. The maximum atomic E-state index is 14.2. The maximum Gasteiger partial charge on any atom is 0.267 e. The van der Waals surface area contributed by atoms with Gasteiger partial charge in [0.1, 0.15) is 10.6 Å². The highest BCUT2D eigenvalue weighted by molar-refractivity contribution is 7.98. The van der Waals surface area contributed by atoms with Gasteiger partial charge in [0.25, 0.3) is 5.56 Å². The fourth-order valence-electron chi connectivity index (χ4n) is 3.64. The van der Waals surface area contributed by atoms with Crippen LogP contribution in [0.2, 0.25) is 0 Å². The van der Waals surface area contributed by atoms with Crippen molar-refractivity contribution in [2.24, 2.45) is 0 Å². The minimum atomic E-state index is -0.241. The van der Waals surface area contributed by atoms with Crippen molar-refractivity contribution in [3.63, 3.8) is 0 Å². The molecule has 0 amide bonds. The first kappa shape index (κ1) is 21.8. The van der Waals surface area contributed by atoms with E-state index in [1.54, 1.807) is 28.0 Å². The average Bonchev–Trinajstić information content (AvgIpc) is 3.09. The molecule has 160 valence electrons. The van der Waals surface area contributed by atoms with Crippen LogP contribution in [0.4, 0.5) is 4.39 Å². The molecule has 2 aromatic heterocycles. The van der Waals surface area contributed by atoms with Crippen LogP contribution >= 0.6 is 23.1 Å². The zero-order valence-electron chi connectivity index (χ0n) is 17.9. The molecule has 0 radical (unpaired) electrons. The van der Waals surface area contributed by atoms with Crippen molar-refractivity contribution in [1.29, 1.82) is 0 Å². The standard InChI is InChI=1S/C25H25FN2OS2/c1-4-8-21-16(3)22-23(31-21)27-25(30-15-18-9-6-7-10-20(18)26)28(24(22)29)19-13-11-17(5-2)12-14-19/h6-7,9-14H,4-5,8,15H2,1-3H3. The van der Waals surface area contributed by atoms with Crippen LogP contribution < -0.4 is 5.56 Å². The maximum absolute atomic E-state index is 14.2. The molecule has 0 aliphatic carbocycles. The molecule has 0 atom stereocenters. The van der Waals surface area contributed by atoms with Crippen LogP contribution in [-0.2, 0) is 18.6 Å². The van der Waals surface area contributed by atoms with Crippen LogP contribution in [0.1, 0.15) is 41.8 Å². The van der Waals surface area contributed by atoms with E-state index < -0.39 is 0 Å². The van der Waals surface area contributed by atoms with Gasteiger partial charge in [0.05, 0.1) is 11.1 Å². The summed E-state index contributed by atoms with van der Waals surface area (Å²) in [6.07, 6.45) is 2.90. The van der Waals surface area contributed by atoms with Gasteiger partial charge in [0, 0.05) is 10.6 Å². The number of hydrogen-bond donors (Lipinski definition) is 0. The Labute approximate surface area is 190 Å². The van der Waals surface area contributed by atoms with E-state index in [1.165, 1.54) is 28.3 Å². The molecular formula is C25H25FN2OS2. The van der Waals surface area contributed by atoms with Crippen molar-refractivity contribution in [2.45, 2.75) is 50.9 Å². The van der Waals surface area contributed by atoms with Gasteiger partial charge in [-0.3, -0.25) is 9.36 Å². The van der Waals surface area contributed by atoms with E-state index in [1.807, 2.05) is 37.3 Å². The summed E-state index contributed by atoms with van der Waals surface area (Å²) >= 11 is 2.99. The van der Waals surface area contributed by atoms with E-state index in [9.17, 15) is 9.18 Å². The Balaban J connectivity index is 1.87. The Kier molecular flexibility index (Phi) is 6.58. The number of hydrogen-bond acceptors (Lipinski definition) is 4. The third kappa shape index (κ3) is 4.32. The van der Waals surface area contributed by atoms with Gasteiger partial charge in [-0.15, -0.1) is 11.3 Å². The van der Waals surface area contributed by atoms with Gasteiger partial charge < -0.3 is 0 Å². The van der Waals surface area contributed by atoms with E-state index in [0.29, 0.717) is 21.9 Å². The molecule has 0 unspecified atom stereocenters. The molecule has 2 aromatic carbocycles. The molecule has 0 N–H and O–H groups in total. The zero-order chi connectivity index (χ0) is 22.0. The SMILES string of the molecule is CCCc1sc2nc(SCc3ccccc3F)n(-c3ccc(CC)cc3)c(=O)c2c1C. The molecule has 2 heterocycles. The summed E-state index contributed by atoms with van der Waals surface area (Å²) in [4.78, 5) is 20.5. The Morgan fingerprint density at radius 2 is 1.84 bits per heavy atom. The normalized spacial score (nSPS) is 11.4. The van der Waals surface area contributed by atoms with Crippen molar-refractivity contribution >= 4 is 33.3 Å². The largest absolute Gasteiger partial charge is 0.268 e. The zero-order valence-corrected chi connectivity index (χ0v) is 19.6. The van der Waals surface area contributed by atoms with Crippen molar-refractivity contribution in [2.75, 3.05) is 0 Å². The van der Waals surface area contributed by atoms with Crippen molar-refractivity contribution < 1.29 is 4.39 Å². The minimum Gasteiger partial charge on any atom is -0.268 e. The van der Waals surface area contributed by atoms with Crippen LogP contribution in [0.3, 0.4) is 0 Å². The van der Waals surface area contributed by atoms with Gasteiger partial charge in [-0.2, -0.15) is 0 Å². The monoisotopic (exact) mass is 452 g/mol. The molecular weight excluding hydrogens is 427 g/mol. The highest BCUT2D eigenvalue weighted by Gasteiger charge is 2.19. The van der Waals surface area contributed by atoms with Gasteiger partial charge in [0.15, 0.2) is 5.16 Å². The van der Waals surface area contributed by atoms with E-state index in [2.05, 4.69) is 13.8 Å².